The number of benzene rings is 1. The Morgan fingerprint density at radius 3 is 2.35 bits per heavy atom. The fraction of sp³-hybridized carbons (Fsp3) is 0.286. The Balaban J connectivity index is 2.05. The summed E-state index contributed by atoms with van der Waals surface area (Å²) in [6.45, 7) is 0.881. The zero-order valence-corrected chi connectivity index (χ0v) is 13.0. The second-order valence-electron chi connectivity index (χ2n) is 4.61. The summed E-state index contributed by atoms with van der Waals surface area (Å²) >= 11 is 1.56. The number of thiophene rings is 1. The van der Waals surface area contributed by atoms with Crippen LogP contribution in [0.3, 0.4) is 0 Å². The lowest BCUT2D eigenvalue weighted by atomic mass is 10.1. The first-order chi connectivity index (χ1) is 9.51. The largest absolute Gasteiger partial charge is 0.326 e. The third-order valence-corrected chi connectivity index (χ3v) is 5.68. The SMILES string of the molecule is CN(Cc1cccs1)S(=O)(=O)Cc1ccc(CN)cc1. The molecule has 0 atom stereocenters. The fourth-order valence-corrected chi connectivity index (χ4v) is 3.82. The van der Waals surface area contributed by atoms with Crippen molar-refractivity contribution in [2.75, 3.05) is 7.05 Å². The zero-order valence-electron chi connectivity index (χ0n) is 11.3. The molecule has 108 valence electrons. The molecular formula is C14H18N2O2S2. The van der Waals surface area contributed by atoms with Crippen molar-refractivity contribution in [3.63, 3.8) is 0 Å². The lowest BCUT2D eigenvalue weighted by molar-refractivity contribution is 0.469. The van der Waals surface area contributed by atoms with Gasteiger partial charge >= 0.3 is 0 Å². The highest BCUT2D eigenvalue weighted by molar-refractivity contribution is 7.88. The maximum Gasteiger partial charge on any atom is 0.218 e. The zero-order chi connectivity index (χ0) is 14.6. The second kappa shape index (κ2) is 6.49. The van der Waals surface area contributed by atoms with E-state index >= 15 is 0 Å². The third kappa shape index (κ3) is 3.89. The van der Waals surface area contributed by atoms with E-state index in [0.29, 0.717) is 13.1 Å². The fourth-order valence-electron chi connectivity index (χ4n) is 1.81. The molecular weight excluding hydrogens is 292 g/mol. The lowest BCUT2D eigenvalue weighted by Crippen LogP contribution is -2.27. The van der Waals surface area contributed by atoms with Gasteiger partial charge in [-0.05, 0) is 22.6 Å². The quantitative estimate of drug-likeness (QED) is 0.889. The molecule has 2 N–H and O–H groups in total. The molecule has 2 aromatic rings. The average molecular weight is 310 g/mol. The summed E-state index contributed by atoms with van der Waals surface area (Å²) in [6, 6.07) is 11.2. The van der Waals surface area contributed by atoms with E-state index in [1.807, 2.05) is 41.8 Å². The molecule has 0 bridgehead atoms. The molecule has 0 aliphatic rings. The van der Waals surface area contributed by atoms with Gasteiger partial charge in [-0.1, -0.05) is 30.3 Å². The third-order valence-electron chi connectivity index (χ3n) is 3.04. The van der Waals surface area contributed by atoms with Crippen LogP contribution in [0.4, 0.5) is 0 Å². The van der Waals surface area contributed by atoms with E-state index < -0.39 is 10.0 Å². The van der Waals surface area contributed by atoms with Crippen LogP contribution in [0.15, 0.2) is 41.8 Å². The molecule has 1 aromatic carbocycles. The van der Waals surface area contributed by atoms with Crippen molar-refractivity contribution < 1.29 is 8.42 Å². The van der Waals surface area contributed by atoms with Crippen LogP contribution >= 0.6 is 11.3 Å². The highest BCUT2D eigenvalue weighted by Gasteiger charge is 2.19. The first kappa shape index (κ1) is 15.2. The second-order valence-corrected chi connectivity index (χ2v) is 7.72. The standard InChI is InChI=1S/C14H18N2O2S2/c1-16(10-14-3-2-8-19-14)20(17,18)11-13-6-4-12(9-15)5-7-13/h2-8H,9-11,15H2,1H3. The van der Waals surface area contributed by atoms with Crippen LogP contribution in [0.5, 0.6) is 0 Å². The normalized spacial score (nSPS) is 11.9. The molecule has 0 amide bonds. The van der Waals surface area contributed by atoms with Crippen LogP contribution in [0.25, 0.3) is 0 Å². The van der Waals surface area contributed by atoms with Crippen LogP contribution in [0.2, 0.25) is 0 Å². The molecule has 1 aromatic heterocycles. The number of hydrogen-bond donors (Lipinski definition) is 1. The molecule has 0 unspecified atom stereocenters. The number of nitrogens with zero attached hydrogens (tertiary/aromatic N) is 1. The van der Waals surface area contributed by atoms with Gasteiger partial charge in [0.1, 0.15) is 0 Å². The van der Waals surface area contributed by atoms with Crippen LogP contribution in [-0.4, -0.2) is 19.8 Å². The van der Waals surface area contributed by atoms with Gasteiger partial charge in [-0.2, -0.15) is 4.31 Å². The molecule has 0 aliphatic heterocycles. The number of hydrogen-bond acceptors (Lipinski definition) is 4. The highest BCUT2D eigenvalue weighted by atomic mass is 32.2. The topological polar surface area (TPSA) is 63.4 Å². The number of sulfonamides is 1. The Morgan fingerprint density at radius 2 is 1.80 bits per heavy atom. The van der Waals surface area contributed by atoms with Gasteiger partial charge < -0.3 is 5.73 Å². The molecule has 1 heterocycles. The van der Waals surface area contributed by atoms with E-state index in [-0.39, 0.29) is 5.75 Å². The van der Waals surface area contributed by atoms with Crippen LogP contribution in [0.1, 0.15) is 16.0 Å². The molecule has 0 radical (unpaired) electrons. The Morgan fingerprint density at radius 1 is 1.15 bits per heavy atom. The molecule has 6 heteroatoms. The lowest BCUT2D eigenvalue weighted by Gasteiger charge is -2.16. The van der Waals surface area contributed by atoms with Crippen molar-refractivity contribution in [3.8, 4) is 0 Å². The van der Waals surface area contributed by atoms with E-state index in [0.717, 1.165) is 16.0 Å². The summed E-state index contributed by atoms with van der Waals surface area (Å²) in [5.74, 6) is 0.0136. The Kier molecular flexibility index (Phi) is 4.93. The van der Waals surface area contributed by atoms with Crippen LogP contribution in [-0.2, 0) is 28.9 Å². The molecule has 0 spiro atoms. The van der Waals surface area contributed by atoms with Crippen molar-refractivity contribution in [3.05, 3.63) is 57.8 Å². The highest BCUT2D eigenvalue weighted by Crippen LogP contribution is 2.16. The first-order valence-electron chi connectivity index (χ1n) is 6.25. The minimum atomic E-state index is -3.30. The molecule has 20 heavy (non-hydrogen) atoms. The van der Waals surface area contributed by atoms with E-state index in [1.165, 1.54) is 4.31 Å². The molecule has 2 rings (SSSR count). The van der Waals surface area contributed by atoms with Gasteiger partial charge in [-0.25, -0.2) is 8.42 Å². The molecule has 0 saturated heterocycles. The maximum absolute atomic E-state index is 12.3. The Labute approximate surface area is 123 Å². The minimum Gasteiger partial charge on any atom is -0.326 e. The molecule has 0 fully saturated rings. The monoisotopic (exact) mass is 310 g/mol. The first-order valence-corrected chi connectivity index (χ1v) is 8.74. The summed E-state index contributed by atoms with van der Waals surface area (Å²) in [7, 11) is -1.69. The summed E-state index contributed by atoms with van der Waals surface area (Å²) in [6.07, 6.45) is 0. The summed E-state index contributed by atoms with van der Waals surface area (Å²) in [5.41, 5.74) is 7.30. The van der Waals surface area contributed by atoms with Crippen molar-refractivity contribution >= 4 is 21.4 Å². The van der Waals surface area contributed by atoms with Gasteiger partial charge in [0.25, 0.3) is 0 Å². The summed E-state index contributed by atoms with van der Waals surface area (Å²) in [5, 5.41) is 1.95. The molecule has 0 aliphatic carbocycles. The van der Waals surface area contributed by atoms with Crippen LogP contribution < -0.4 is 5.73 Å². The van der Waals surface area contributed by atoms with Crippen molar-refractivity contribution in [1.82, 2.24) is 4.31 Å². The summed E-state index contributed by atoms with van der Waals surface area (Å²) < 4.78 is 26.0. The maximum atomic E-state index is 12.3. The smallest absolute Gasteiger partial charge is 0.218 e. The van der Waals surface area contributed by atoms with Gasteiger partial charge in [0.05, 0.1) is 5.75 Å². The Bertz CT molecular complexity index is 634. The van der Waals surface area contributed by atoms with Gasteiger partial charge in [-0.15, -0.1) is 11.3 Å². The van der Waals surface area contributed by atoms with E-state index in [4.69, 9.17) is 5.73 Å². The van der Waals surface area contributed by atoms with Gasteiger partial charge in [0.15, 0.2) is 0 Å². The molecule has 4 nitrogen and oxygen atoms in total. The predicted molar refractivity (Wildman–Crippen MR) is 82.7 cm³/mol. The van der Waals surface area contributed by atoms with E-state index in [1.54, 1.807) is 18.4 Å². The summed E-state index contributed by atoms with van der Waals surface area (Å²) in [4.78, 5) is 1.04. The number of rotatable bonds is 6. The van der Waals surface area contributed by atoms with E-state index in [2.05, 4.69) is 0 Å². The Hall–Kier alpha value is -1.21. The number of nitrogens with two attached hydrogens (primary N) is 1. The molecule has 0 saturated carbocycles. The van der Waals surface area contributed by atoms with Crippen molar-refractivity contribution in [1.29, 1.82) is 0 Å². The predicted octanol–water partition coefficient (Wildman–Crippen LogP) is 2.17. The minimum absolute atomic E-state index is 0.0136. The van der Waals surface area contributed by atoms with Crippen molar-refractivity contribution in [2.45, 2.75) is 18.8 Å². The van der Waals surface area contributed by atoms with Crippen molar-refractivity contribution in [2.24, 2.45) is 5.73 Å². The van der Waals surface area contributed by atoms with Gasteiger partial charge in [-0.3, -0.25) is 0 Å². The average Bonchev–Trinajstić information content (AvgIpc) is 2.92. The van der Waals surface area contributed by atoms with Gasteiger partial charge in [0, 0.05) is 25.0 Å². The van der Waals surface area contributed by atoms with Gasteiger partial charge in [0.2, 0.25) is 10.0 Å². The van der Waals surface area contributed by atoms with Crippen LogP contribution in [0, 0.1) is 0 Å². The van der Waals surface area contributed by atoms with E-state index in [9.17, 15) is 8.42 Å².